The summed E-state index contributed by atoms with van der Waals surface area (Å²) in [5.74, 6) is 1.54. The van der Waals surface area contributed by atoms with E-state index in [1.54, 1.807) is 6.20 Å². The molecule has 1 aliphatic heterocycles. The van der Waals surface area contributed by atoms with E-state index in [0.717, 1.165) is 27.7 Å². The van der Waals surface area contributed by atoms with Crippen LogP contribution in [0.15, 0.2) is 46.3 Å². The van der Waals surface area contributed by atoms with Crippen LogP contribution in [-0.4, -0.2) is 18.2 Å². The first-order chi connectivity index (χ1) is 9.86. The molecule has 4 nitrogen and oxygen atoms in total. The molecular weight excluding hydrogens is 272 g/mol. The zero-order valence-electron chi connectivity index (χ0n) is 10.7. The Morgan fingerprint density at radius 2 is 2.00 bits per heavy atom. The lowest BCUT2D eigenvalue weighted by atomic mass is 10.3. The molecule has 0 spiro atoms. The molecule has 0 radical (unpaired) electrons. The zero-order valence-corrected chi connectivity index (χ0v) is 11.5. The Morgan fingerprint density at radius 3 is 2.85 bits per heavy atom. The summed E-state index contributed by atoms with van der Waals surface area (Å²) in [5.41, 5.74) is 0.435. The molecule has 0 fully saturated rings. The van der Waals surface area contributed by atoms with Crippen molar-refractivity contribution in [2.75, 3.05) is 13.2 Å². The summed E-state index contributed by atoms with van der Waals surface area (Å²) in [6.45, 7) is 1.35. The molecule has 0 unspecified atom stereocenters. The predicted octanol–water partition coefficient (Wildman–Crippen LogP) is 3.27. The van der Waals surface area contributed by atoms with Crippen molar-refractivity contribution in [1.29, 1.82) is 5.26 Å². The normalized spacial score (nSPS) is 13.3. The van der Waals surface area contributed by atoms with Gasteiger partial charge in [0.25, 0.3) is 0 Å². The van der Waals surface area contributed by atoms with Crippen molar-refractivity contribution in [3.63, 3.8) is 0 Å². The van der Waals surface area contributed by atoms with E-state index in [2.05, 4.69) is 11.1 Å². The average molecular weight is 284 g/mol. The Kier molecular flexibility index (Phi) is 3.75. The summed E-state index contributed by atoms with van der Waals surface area (Å²) in [5, 5.41) is 9.06. The Balaban J connectivity index is 1.88. The van der Waals surface area contributed by atoms with Crippen molar-refractivity contribution in [3.05, 3.63) is 42.2 Å². The van der Waals surface area contributed by atoms with Crippen LogP contribution in [0.2, 0.25) is 0 Å². The second kappa shape index (κ2) is 5.85. The van der Waals surface area contributed by atoms with Gasteiger partial charge in [-0.15, -0.1) is 0 Å². The minimum atomic E-state index is 0.435. The van der Waals surface area contributed by atoms with Gasteiger partial charge in [0.1, 0.15) is 6.07 Å². The third kappa shape index (κ3) is 2.70. The summed E-state index contributed by atoms with van der Waals surface area (Å²) >= 11 is 1.50. The van der Waals surface area contributed by atoms with Crippen LogP contribution in [0.1, 0.15) is 12.1 Å². The monoisotopic (exact) mass is 284 g/mol. The highest BCUT2D eigenvalue weighted by atomic mass is 32.2. The average Bonchev–Trinajstić information content (AvgIpc) is 2.72. The smallest absolute Gasteiger partial charge is 0.162 e. The first-order valence-corrected chi connectivity index (χ1v) is 7.11. The Labute approximate surface area is 121 Å². The SMILES string of the molecule is N#Cc1ncccc1Sc1ccc2c(c1)OCCCO2. The summed E-state index contributed by atoms with van der Waals surface area (Å²) in [4.78, 5) is 5.89. The number of nitriles is 1. The van der Waals surface area contributed by atoms with Crippen LogP contribution in [0, 0.1) is 11.3 Å². The topological polar surface area (TPSA) is 55.1 Å². The second-order valence-electron chi connectivity index (χ2n) is 4.22. The fraction of sp³-hybridized carbons (Fsp3) is 0.200. The highest BCUT2D eigenvalue weighted by Crippen LogP contribution is 2.37. The minimum absolute atomic E-state index is 0.435. The molecule has 3 rings (SSSR count). The van der Waals surface area contributed by atoms with Gasteiger partial charge in [-0.3, -0.25) is 0 Å². The van der Waals surface area contributed by atoms with E-state index in [9.17, 15) is 0 Å². The standard InChI is InChI=1S/C15H12N2O2S/c16-10-12-15(3-1-6-17-12)20-11-4-5-13-14(9-11)19-8-2-7-18-13/h1,3-6,9H,2,7-8H2. The van der Waals surface area contributed by atoms with Crippen molar-refractivity contribution >= 4 is 11.8 Å². The number of hydrogen-bond donors (Lipinski definition) is 0. The van der Waals surface area contributed by atoms with Crippen LogP contribution in [0.4, 0.5) is 0 Å². The fourth-order valence-electron chi connectivity index (χ4n) is 1.89. The van der Waals surface area contributed by atoms with Crippen LogP contribution in [-0.2, 0) is 0 Å². The number of nitrogens with zero attached hydrogens (tertiary/aromatic N) is 2. The maximum absolute atomic E-state index is 9.06. The Morgan fingerprint density at radius 1 is 1.15 bits per heavy atom. The molecular formula is C15H12N2O2S. The van der Waals surface area contributed by atoms with Crippen molar-refractivity contribution in [1.82, 2.24) is 4.98 Å². The molecule has 5 heteroatoms. The van der Waals surface area contributed by atoms with E-state index < -0.39 is 0 Å². The third-order valence-corrected chi connectivity index (χ3v) is 3.86. The highest BCUT2D eigenvalue weighted by Gasteiger charge is 2.12. The van der Waals surface area contributed by atoms with Gasteiger partial charge in [-0.05, 0) is 30.3 Å². The van der Waals surface area contributed by atoms with Crippen LogP contribution in [0.25, 0.3) is 0 Å². The lowest BCUT2D eigenvalue weighted by Gasteiger charge is -2.09. The molecule has 1 aromatic heterocycles. The quantitative estimate of drug-likeness (QED) is 0.847. The van der Waals surface area contributed by atoms with Gasteiger partial charge >= 0.3 is 0 Å². The molecule has 0 bridgehead atoms. The number of hydrogen-bond acceptors (Lipinski definition) is 5. The number of fused-ring (bicyclic) bond motifs is 1. The van der Waals surface area contributed by atoms with Gasteiger partial charge in [-0.1, -0.05) is 11.8 Å². The maximum Gasteiger partial charge on any atom is 0.162 e. The van der Waals surface area contributed by atoms with Crippen molar-refractivity contribution < 1.29 is 9.47 Å². The number of benzene rings is 1. The van der Waals surface area contributed by atoms with E-state index >= 15 is 0 Å². The number of ether oxygens (including phenoxy) is 2. The van der Waals surface area contributed by atoms with E-state index in [-0.39, 0.29) is 0 Å². The van der Waals surface area contributed by atoms with Gasteiger partial charge in [0.05, 0.1) is 13.2 Å². The van der Waals surface area contributed by atoms with Crippen LogP contribution < -0.4 is 9.47 Å². The lowest BCUT2D eigenvalue weighted by Crippen LogP contribution is -1.97. The van der Waals surface area contributed by atoms with Crippen LogP contribution >= 0.6 is 11.8 Å². The predicted molar refractivity (Wildman–Crippen MR) is 75.1 cm³/mol. The molecule has 0 amide bonds. The van der Waals surface area contributed by atoms with Gasteiger partial charge in [-0.2, -0.15) is 5.26 Å². The molecule has 0 atom stereocenters. The summed E-state index contributed by atoms with van der Waals surface area (Å²) < 4.78 is 11.3. The van der Waals surface area contributed by atoms with E-state index in [1.807, 2.05) is 30.3 Å². The molecule has 1 aromatic carbocycles. The highest BCUT2D eigenvalue weighted by molar-refractivity contribution is 7.99. The van der Waals surface area contributed by atoms with Crippen LogP contribution in [0.3, 0.4) is 0 Å². The van der Waals surface area contributed by atoms with Crippen LogP contribution in [0.5, 0.6) is 11.5 Å². The van der Waals surface area contributed by atoms with Crippen molar-refractivity contribution in [2.45, 2.75) is 16.2 Å². The van der Waals surface area contributed by atoms with E-state index in [0.29, 0.717) is 18.9 Å². The maximum atomic E-state index is 9.06. The number of aromatic nitrogens is 1. The fourth-order valence-corrected chi connectivity index (χ4v) is 2.79. The van der Waals surface area contributed by atoms with Gasteiger partial charge in [0, 0.05) is 22.4 Å². The minimum Gasteiger partial charge on any atom is -0.490 e. The van der Waals surface area contributed by atoms with Crippen molar-refractivity contribution in [2.24, 2.45) is 0 Å². The van der Waals surface area contributed by atoms with E-state index in [4.69, 9.17) is 14.7 Å². The number of pyridine rings is 1. The Bertz CT molecular complexity index is 667. The van der Waals surface area contributed by atoms with Gasteiger partial charge in [-0.25, -0.2) is 4.98 Å². The summed E-state index contributed by atoms with van der Waals surface area (Å²) in [6, 6.07) is 11.6. The van der Waals surface area contributed by atoms with Gasteiger partial charge in [0.15, 0.2) is 17.2 Å². The second-order valence-corrected chi connectivity index (χ2v) is 5.34. The summed E-state index contributed by atoms with van der Waals surface area (Å²) in [7, 11) is 0. The van der Waals surface area contributed by atoms with E-state index in [1.165, 1.54) is 11.8 Å². The largest absolute Gasteiger partial charge is 0.490 e. The van der Waals surface area contributed by atoms with Gasteiger partial charge < -0.3 is 9.47 Å². The molecule has 2 aromatic rings. The van der Waals surface area contributed by atoms with Gasteiger partial charge in [0.2, 0.25) is 0 Å². The molecule has 1 aliphatic rings. The molecule has 0 aliphatic carbocycles. The molecule has 20 heavy (non-hydrogen) atoms. The first-order valence-electron chi connectivity index (χ1n) is 6.29. The zero-order chi connectivity index (χ0) is 13.8. The molecule has 0 saturated heterocycles. The third-order valence-electron chi connectivity index (χ3n) is 2.82. The molecule has 0 N–H and O–H groups in total. The first kappa shape index (κ1) is 12.8. The number of rotatable bonds is 2. The Hall–Kier alpha value is -2.19. The molecule has 2 heterocycles. The summed E-state index contributed by atoms with van der Waals surface area (Å²) in [6.07, 6.45) is 2.51. The molecule has 100 valence electrons. The lowest BCUT2D eigenvalue weighted by molar-refractivity contribution is 0.297. The molecule has 0 saturated carbocycles. The van der Waals surface area contributed by atoms with Crippen molar-refractivity contribution in [3.8, 4) is 17.6 Å².